The van der Waals surface area contributed by atoms with Gasteiger partial charge < -0.3 is 19.4 Å². The summed E-state index contributed by atoms with van der Waals surface area (Å²) < 4.78 is 5.54. The van der Waals surface area contributed by atoms with E-state index in [0.717, 1.165) is 56.2 Å². The maximum absolute atomic E-state index is 12.5. The SMILES string of the molecule is O=C([C@H]1CCCO1)N1CCN(c2ncc3c(n2)CCN3c2ccccc2)CC1. The van der Waals surface area contributed by atoms with Gasteiger partial charge in [0.25, 0.3) is 5.91 Å². The summed E-state index contributed by atoms with van der Waals surface area (Å²) in [5.41, 5.74) is 3.38. The molecule has 7 heteroatoms. The zero-order valence-corrected chi connectivity index (χ0v) is 16.0. The minimum Gasteiger partial charge on any atom is -0.368 e. The molecular weight excluding hydrogens is 354 g/mol. The average Bonchev–Trinajstić information content (AvgIpc) is 3.44. The molecule has 2 saturated heterocycles. The molecule has 1 amide bonds. The Kier molecular flexibility index (Phi) is 4.60. The number of rotatable bonds is 3. The number of ether oxygens (including phenoxy) is 1. The molecule has 146 valence electrons. The van der Waals surface area contributed by atoms with E-state index >= 15 is 0 Å². The van der Waals surface area contributed by atoms with Gasteiger partial charge in [-0.25, -0.2) is 9.97 Å². The van der Waals surface area contributed by atoms with Gasteiger partial charge in [-0.2, -0.15) is 0 Å². The van der Waals surface area contributed by atoms with Crippen LogP contribution in [0.1, 0.15) is 18.5 Å². The number of anilines is 3. The Labute approximate surface area is 164 Å². The maximum atomic E-state index is 12.5. The number of carbonyl (C=O) groups is 1. The predicted molar refractivity (Wildman–Crippen MR) is 107 cm³/mol. The van der Waals surface area contributed by atoms with E-state index in [2.05, 4.69) is 39.0 Å². The van der Waals surface area contributed by atoms with Crippen molar-refractivity contribution in [3.05, 3.63) is 42.2 Å². The number of nitrogens with zero attached hydrogens (tertiary/aromatic N) is 5. The molecule has 0 radical (unpaired) electrons. The minimum absolute atomic E-state index is 0.144. The minimum atomic E-state index is -0.230. The Bertz CT molecular complexity index is 845. The molecule has 7 nitrogen and oxygen atoms in total. The van der Waals surface area contributed by atoms with E-state index in [1.54, 1.807) is 0 Å². The highest BCUT2D eigenvalue weighted by Gasteiger charge is 2.31. The van der Waals surface area contributed by atoms with Gasteiger partial charge in [0.1, 0.15) is 6.10 Å². The second-order valence-corrected chi connectivity index (χ2v) is 7.55. The van der Waals surface area contributed by atoms with Gasteiger partial charge in [0.05, 0.1) is 17.6 Å². The van der Waals surface area contributed by atoms with E-state index in [1.807, 2.05) is 17.2 Å². The lowest BCUT2D eigenvalue weighted by Gasteiger charge is -2.35. The Morgan fingerprint density at radius 2 is 1.89 bits per heavy atom. The van der Waals surface area contributed by atoms with E-state index in [9.17, 15) is 4.79 Å². The second kappa shape index (κ2) is 7.39. The van der Waals surface area contributed by atoms with E-state index < -0.39 is 0 Å². The monoisotopic (exact) mass is 379 g/mol. The Hall–Kier alpha value is -2.67. The summed E-state index contributed by atoms with van der Waals surface area (Å²) in [7, 11) is 0. The van der Waals surface area contributed by atoms with E-state index in [-0.39, 0.29) is 12.0 Å². The first kappa shape index (κ1) is 17.4. The van der Waals surface area contributed by atoms with Crippen molar-refractivity contribution in [2.24, 2.45) is 0 Å². The van der Waals surface area contributed by atoms with Crippen LogP contribution in [0.4, 0.5) is 17.3 Å². The molecule has 0 spiro atoms. The Morgan fingerprint density at radius 1 is 1.07 bits per heavy atom. The molecule has 0 saturated carbocycles. The van der Waals surface area contributed by atoms with Gasteiger partial charge in [0.2, 0.25) is 5.95 Å². The normalized spacial score (nSPS) is 21.9. The number of piperazine rings is 1. The molecule has 0 unspecified atom stereocenters. The Morgan fingerprint density at radius 3 is 2.64 bits per heavy atom. The highest BCUT2D eigenvalue weighted by atomic mass is 16.5. The topological polar surface area (TPSA) is 61.8 Å². The number of para-hydroxylation sites is 1. The third kappa shape index (κ3) is 3.20. The van der Waals surface area contributed by atoms with Crippen molar-refractivity contribution >= 4 is 23.2 Å². The fraction of sp³-hybridized carbons (Fsp3) is 0.476. The third-order valence-electron chi connectivity index (χ3n) is 5.84. The quantitative estimate of drug-likeness (QED) is 0.813. The van der Waals surface area contributed by atoms with Crippen LogP contribution in [-0.2, 0) is 16.0 Å². The van der Waals surface area contributed by atoms with Crippen molar-refractivity contribution in [2.75, 3.05) is 49.1 Å². The van der Waals surface area contributed by atoms with Crippen LogP contribution in [0.15, 0.2) is 36.5 Å². The largest absolute Gasteiger partial charge is 0.368 e. The smallest absolute Gasteiger partial charge is 0.251 e. The van der Waals surface area contributed by atoms with Crippen LogP contribution in [0.5, 0.6) is 0 Å². The number of aromatic nitrogens is 2. The van der Waals surface area contributed by atoms with Crippen molar-refractivity contribution in [1.29, 1.82) is 0 Å². The van der Waals surface area contributed by atoms with Crippen LogP contribution in [0, 0.1) is 0 Å². The standard InChI is InChI=1S/C21H25N5O2/c27-20(19-7-4-14-28-19)24-10-12-25(13-11-24)21-22-15-18-17(23-21)8-9-26(18)16-5-2-1-3-6-16/h1-3,5-6,15,19H,4,7-14H2/t19-/m1/s1. The van der Waals surface area contributed by atoms with Gasteiger partial charge in [0, 0.05) is 51.4 Å². The summed E-state index contributed by atoms with van der Waals surface area (Å²) in [6.07, 6.45) is 4.48. The third-order valence-corrected chi connectivity index (χ3v) is 5.84. The van der Waals surface area contributed by atoms with Crippen molar-refractivity contribution in [3.63, 3.8) is 0 Å². The van der Waals surface area contributed by atoms with Gasteiger partial charge in [0.15, 0.2) is 0 Å². The van der Waals surface area contributed by atoms with Crippen LogP contribution in [0.25, 0.3) is 0 Å². The number of benzene rings is 1. The lowest BCUT2D eigenvalue weighted by molar-refractivity contribution is -0.141. The van der Waals surface area contributed by atoms with Crippen LogP contribution in [-0.4, -0.2) is 66.2 Å². The molecule has 2 aromatic rings. The van der Waals surface area contributed by atoms with Crippen molar-refractivity contribution in [3.8, 4) is 0 Å². The van der Waals surface area contributed by atoms with E-state index in [0.29, 0.717) is 19.7 Å². The van der Waals surface area contributed by atoms with Crippen molar-refractivity contribution < 1.29 is 9.53 Å². The van der Waals surface area contributed by atoms with Gasteiger partial charge in [-0.15, -0.1) is 0 Å². The summed E-state index contributed by atoms with van der Waals surface area (Å²) in [4.78, 5) is 28.4. The first-order valence-electron chi connectivity index (χ1n) is 10.1. The van der Waals surface area contributed by atoms with Crippen molar-refractivity contribution in [2.45, 2.75) is 25.4 Å². The van der Waals surface area contributed by atoms with Crippen LogP contribution in [0.2, 0.25) is 0 Å². The van der Waals surface area contributed by atoms with Crippen LogP contribution >= 0.6 is 0 Å². The molecule has 3 aliphatic rings. The second-order valence-electron chi connectivity index (χ2n) is 7.55. The van der Waals surface area contributed by atoms with Crippen molar-refractivity contribution in [1.82, 2.24) is 14.9 Å². The van der Waals surface area contributed by atoms with Gasteiger partial charge >= 0.3 is 0 Å². The molecular formula is C21H25N5O2. The molecule has 1 aromatic carbocycles. The van der Waals surface area contributed by atoms with Gasteiger partial charge in [-0.3, -0.25) is 4.79 Å². The summed E-state index contributed by atoms with van der Waals surface area (Å²) in [6.45, 7) is 4.57. The zero-order valence-electron chi connectivity index (χ0n) is 16.0. The highest BCUT2D eigenvalue weighted by Crippen LogP contribution is 2.33. The summed E-state index contributed by atoms with van der Waals surface area (Å²) in [5, 5.41) is 0. The number of hydrogen-bond donors (Lipinski definition) is 0. The molecule has 1 aromatic heterocycles. The highest BCUT2D eigenvalue weighted by molar-refractivity contribution is 5.81. The first-order valence-corrected chi connectivity index (χ1v) is 10.1. The molecule has 4 heterocycles. The summed E-state index contributed by atoms with van der Waals surface area (Å²) in [6, 6.07) is 10.4. The van der Waals surface area contributed by atoms with Crippen LogP contribution in [0.3, 0.4) is 0 Å². The molecule has 3 aliphatic heterocycles. The van der Waals surface area contributed by atoms with Gasteiger partial charge in [-0.1, -0.05) is 18.2 Å². The van der Waals surface area contributed by atoms with Gasteiger partial charge in [-0.05, 0) is 25.0 Å². The summed E-state index contributed by atoms with van der Waals surface area (Å²) >= 11 is 0. The molecule has 0 bridgehead atoms. The first-order chi connectivity index (χ1) is 13.8. The number of amides is 1. The zero-order chi connectivity index (χ0) is 18.9. The molecule has 28 heavy (non-hydrogen) atoms. The Balaban J connectivity index is 1.25. The fourth-order valence-electron chi connectivity index (χ4n) is 4.28. The number of fused-ring (bicyclic) bond motifs is 1. The van der Waals surface area contributed by atoms with Crippen LogP contribution < -0.4 is 9.80 Å². The average molecular weight is 379 g/mol. The molecule has 0 aliphatic carbocycles. The molecule has 5 rings (SSSR count). The predicted octanol–water partition coefficient (Wildman–Crippen LogP) is 2.00. The molecule has 1 atom stereocenters. The molecule has 2 fully saturated rings. The number of hydrogen-bond acceptors (Lipinski definition) is 6. The molecule has 0 N–H and O–H groups in total. The fourth-order valence-corrected chi connectivity index (χ4v) is 4.28. The lowest BCUT2D eigenvalue weighted by Crippen LogP contribution is -2.51. The maximum Gasteiger partial charge on any atom is 0.251 e. The number of carbonyl (C=O) groups excluding carboxylic acids is 1. The van der Waals surface area contributed by atoms with E-state index in [4.69, 9.17) is 9.72 Å². The summed E-state index contributed by atoms with van der Waals surface area (Å²) in [5.74, 6) is 0.920. The lowest BCUT2D eigenvalue weighted by atomic mass is 10.2. The van der Waals surface area contributed by atoms with E-state index in [1.165, 1.54) is 5.69 Å².